The van der Waals surface area contributed by atoms with Gasteiger partial charge in [-0.05, 0) is 48.9 Å². The number of hydrogen-bond acceptors (Lipinski definition) is 4. The van der Waals surface area contributed by atoms with Gasteiger partial charge in [0.05, 0.1) is 18.3 Å². The molecule has 3 aromatic rings. The lowest BCUT2D eigenvalue weighted by atomic mass is 10.1. The highest BCUT2D eigenvalue weighted by atomic mass is 32.2. The van der Waals surface area contributed by atoms with Gasteiger partial charge in [0, 0.05) is 24.1 Å². The maximum absolute atomic E-state index is 12.5. The molecule has 2 aromatic carbocycles. The second-order valence-electron chi connectivity index (χ2n) is 5.58. The zero-order valence-electron chi connectivity index (χ0n) is 14.0. The molecule has 0 aliphatic carbocycles. The van der Waals surface area contributed by atoms with Crippen molar-refractivity contribution in [3.63, 3.8) is 0 Å². The molecule has 130 valence electrons. The number of sulfonamides is 1. The maximum Gasteiger partial charge on any atom is 0.241 e. The summed E-state index contributed by atoms with van der Waals surface area (Å²) < 4.78 is 34.6. The Labute approximate surface area is 147 Å². The van der Waals surface area contributed by atoms with Gasteiger partial charge in [0.2, 0.25) is 10.0 Å². The topological polar surface area (TPSA) is 73.2 Å². The van der Waals surface area contributed by atoms with E-state index in [9.17, 15) is 8.42 Å². The first-order valence-corrected chi connectivity index (χ1v) is 9.22. The van der Waals surface area contributed by atoms with Gasteiger partial charge < -0.3 is 9.30 Å². The number of aromatic nitrogens is 2. The third kappa shape index (κ3) is 3.89. The predicted octanol–water partition coefficient (Wildman–Crippen LogP) is 2.92. The number of nitrogens with zero attached hydrogens (tertiary/aromatic N) is 2. The minimum atomic E-state index is -3.61. The normalized spacial score (nSPS) is 12.7. The number of rotatable bonds is 6. The van der Waals surface area contributed by atoms with Gasteiger partial charge in [-0.1, -0.05) is 12.1 Å². The van der Waals surface area contributed by atoms with Crippen LogP contribution in [0.4, 0.5) is 0 Å². The summed E-state index contributed by atoms with van der Waals surface area (Å²) in [6, 6.07) is 13.6. The summed E-state index contributed by atoms with van der Waals surface area (Å²) in [7, 11) is -2.07. The van der Waals surface area contributed by atoms with Crippen LogP contribution in [0.25, 0.3) is 5.69 Å². The Balaban J connectivity index is 1.75. The van der Waals surface area contributed by atoms with Crippen molar-refractivity contribution in [2.75, 3.05) is 7.11 Å². The summed E-state index contributed by atoms with van der Waals surface area (Å²) in [6.45, 7) is 1.81. The van der Waals surface area contributed by atoms with E-state index in [0.29, 0.717) is 5.75 Å². The Morgan fingerprint density at radius 1 is 1.08 bits per heavy atom. The Morgan fingerprint density at radius 2 is 1.76 bits per heavy atom. The number of hydrogen-bond donors (Lipinski definition) is 1. The van der Waals surface area contributed by atoms with Gasteiger partial charge in [-0.3, -0.25) is 0 Å². The van der Waals surface area contributed by atoms with Crippen molar-refractivity contribution in [2.45, 2.75) is 17.9 Å². The monoisotopic (exact) mass is 357 g/mol. The van der Waals surface area contributed by atoms with E-state index in [0.717, 1.165) is 11.3 Å². The van der Waals surface area contributed by atoms with Crippen LogP contribution in [0.15, 0.2) is 72.1 Å². The molecule has 1 N–H and O–H groups in total. The zero-order chi connectivity index (χ0) is 17.9. The lowest BCUT2D eigenvalue weighted by Gasteiger charge is -2.15. The average molecular weight is 357 g/mol. The molecular weight excluding hydrogens is 338 g/mol. The molecular formula is C18H19N3O3S. The molecule has 0 amide bonds. The molecule has 6 nitrogen and oxygen atoms in total. The molecule has 1 heterocycles. The van der Waals surface area contributed by atoms with Crippen molar-refractivity contribution in [1.29, 1.82) is 0 Å². The van der Waals surface area contributed by atoms with Crippen LogP contribution in [0.3, 0.4) is 0 Å². The standard InChI is InChI=1S/C18H19N3O3S/c1-14(15-3-5-16(6-4-15)21-12-11-19-13-21)20-25(22,23)18-9-7-17(24-2)8-10-18/h3-14,20H,1-2H3/t14-/m0/s1. The fourth-order valence-electron chi connectivity index (χ4n) is 2.47. The molecule has 0 aliphatic rings. The van der Waals surface area contributed by atoms with Crippen molar-refractivity contribution in [3.8, 4) is 11.4 Å². The largest absolute Gasteiger partial charge is 0.497 e. The summed E-state index contributed by atoms with van der Waals surface area (Å²) >= 11 is 0. The van der Waals surface area contributed by atoms with E-state index in [4.69, 9.17) is 4.74 Å². The second kappa shape index (κ2) is 7.08. The maximum atomic E-state index is 12.5. The van der Waals surface area contributed by atoms with Crippen LogP contribution in [-0.2, 0) is 10.0 Å². The van der Waals surface area contributed by atoms with Gasteiger partial charge in [0.1, 0.15) is 5.75 Å². The summed E-state index contributed by atoms with van der Waals surface area (Å²) in [5.41, 5.74) is 1.84. The summed E-state index contributed by atoms with van der Waals surface area (Å²) in [5.74, 6) is 0.613. The Kier molecular flexibility index (Phi) is 4.87. The van der Waals surface area contributed by atoms with Crippen LogP contribution in [0, 0.1) is 0 Å². The number of nitrogens with one attached hydrogen (secondary N) is 1. The van der Waals surface area contributed by atoms with Crippen LogP contribution >= 0.6 is 0 Å². The number of methoxy groups -OCH3 is 1. The van der Waals surface area contributed by atoms with E-state index >= 15 is 0 Å². The highest BCUT2D eigenvalue weighted by Gasteiger charge is 2.18. The minimum absolute atomic E-state index is 0.204. The fourth-order valence-corrected chi connectivity index (χ4v) is 3.70. The molecule has 1 atom stereocenters. The third-order valence-electron chi connectivity index (χ3n) is 3.90. The first kappa shape index (κ1) is 17.2. The molecule has 25 heavy (non-hydrogen) atoms. The van der Waals surface area contributed by atoms with E-state index in [-0.39, 0.29) is 10.9 Å². The predicted molar refractivity (Wildman–Crippen MR) is 95.3 cm³/mol. The van der Waals surface area contributed by atoms with E-state index in [2.05, 4.69) is 9.71 Å². The quantitative estimate of drug-likeness (QED) is 0.736. The highest BCUT2D eigenvalue weighted by molar-refractivity contribution is 7.89. The van der Waals surface area contributed by atoms with Gasteiger partial charge in [-0.2, -0.15) is 0 Å². The van der Waals surface area contributed by atoms with Crippen molar-refractivity contribution < 1.29 is 13.2 Å². The summed E-state index contributed by atoms with van der Waals surface area (Å²) in [5, 5.41) is 0. The van der Waals surface area contributed by atoms with Gasteiger partial charge in [0.25, 0.3) is 0 Å². The Hall–Kier alpha value is -2.64. The number of benzene rings is 2. The molecule has 0 unspecified atom stereocenters. The fraction of sp³-hybridized carbons (Fsp3) is 0.167. The second-order valence-corrected chi connectivity index (χ2v) is 7.29. The van der Waals surface area contributed by atoms with Crippen LogP contribution in [0.2, 0.25) is 0 Å². The number of ether oxygens (including phenoxy) is 1. The molecule has 7 heteroatoms. The SMILES string of the molecule is COc1ccc(S(=O)(=O)N[C@@H](C)c2ccc(-n3ccnc3)cc2)cc1. The van der Waals surface area contributed by atoms with Crippen LogP contribution in [0.1, 0.15) is 18.5 Å². The number of imidazole rings is 1. The average Bonchev–Trinajstić information content (AvgIpc) is 3.16. The lowest BCUT2D eigenvalue weighted by Crippen LogP contribution is -2.26. The molecule has 0 saturated carbocycles. The van der Waals surface area contributed by atoms with Crippen molar-refractivity contribution in [1.82, 2.24) is 14.3 Å². The molecule has 0 spiro atoms. The Morgan fingerprint density at radius 3 is 2.32 bits per heavy atom. The van der Waals surface area contributed by atoms with Crippen molar-refractivity contribution in [2.24, 2.45) is 0 Å². The highest BCUT2D eigenvalue weighted by Crippen LogP contribution is 2.20. The van der Waals surface area contributed by atoms with Gasteiger partial charge >= 0.3 is 0 Å². The summed E-state index contributed by atoms with van der Waals surface area (Å²) in [6.07, 6.45) is 5.27. The smallest absolute Gasteiger partial charge is 0.241 e. The first-order valence-electron chi connectivity index (χ1n) is 7.74. The van der Waals surface area contributed by atoms with Gasteiger partial charge in [-0.25, -0.2) is 18.1 Å². The molecule has 0 bridgehead atoms. The minimum Gasteiger partial charge on any atom is -0.497 e. The summed E-state index contributed by atoms with van der Waals surface area (Å²) in [4.78, 5) is 4.22. The molecule has 3 rings (SSSR count). The van der Waals surface area contributed by atoms with Crippen molar-refractivity contribution in [3.05, 3.63) is 72.8 Å². The third-order valence-corrected chi connectivity index (χ3v) is 5.45. The lowest BCUT2D eigenvalue weighted by molar-refractivity contribution is 0.414. The van der Waals surface area contributed by atoms with Crippen LogP contribution < -0.4 is 9.46 Å². The first-order chi connectivity index (χ1) is 12.0. The van der Waals surface area contributed by atoms with E-state index in [1.54, 1.807) is 24.7 Å². The molecule has 0 aliphatic heterocycles. The van der Waals surface area contributed by atoms with E-state index in [1.807, 2.05) is 42.0 Å². The van der Waals surface area contributed by atoms with E-state index in [1.165, 1.54) is 19.2 Å². The Bertz CT molecular complexity index is 919. The van der Waals surface area contributed by atoms with Gasteiger partial charge in [-0.15, -0.1) is 0 Å². The molecule has 0 saturated heterocycles. The zero-order valence-corrected chi connectivity index (χ0v) is 14.8. The molecule has 0 fully saturated rings. The van der Waals surface area contributed by atoms with E-state index < -0.39 is 10.0 Å². The molecule has 0 radical (unpaired) electrons. The van der Waals surface area contributed by atoms with Gasteiger partial charge in [0.15, 0.2) is 0 Å². The molecule has 1 aromatic heterocycles. The van der Waals surface area contributed by atoms with Crippen molar-refractivity contribution >= 4 is 10.0 Å². The van der Waals surface area contributed by atoms with Crippen LogP contribution in [-0.4, -0.2) is 25.1 Å². The van der Waals surface area contributed by atoms with Crippen LogP contribution in [0.5, 0.6) is 5.75 Å².